The Kier molecular flexibility index (Phi) is 5.30. The zero-order valence-corrected chi connectivity index (χ0v) is 17.2. The van der Waals surface area contributed by atoms with Crippen LogP contribution in [-0.4, -0.2) is 46.3 Å². The van der Waals surface area contributed by atoms with Crippen LogP contribution in [-0.2, 0) is 18.3 Å². The maximum atomic E-state index is 13.0. The summed E-state index contributed by atoms with van der Waals surface area (Å²) in [5.74, 6) is 1.29. The van der Waals surface area contributed by atoms with E-state index in [-0.39, 0.29) is 24.4 Å². The Morgan fingerprint density at radius 2 is 2.00 bits per heavy atom. The van der Waals surface area contributed by atoms with Crippen LogP contribution in [0.15, 0.2) is 18.2 Å². The molecule has 2 aromatic rings. The largest absolute Gasteiger partial charge is 0.454 e. The molecule has 0 bridgehead atoms. The summed E-state index contributed by atoms with van der Waals surface area (Å²) in [6.45, 7) is 5.40. The molecule has 0 radical (unpaired) electrons. The Hall–Kier alpha value is -2.83. The van der Waals surface area contributed by atoms with Crippen LogP contribution in [0.4, 0.5) is 0 Å². The molecule has 0 spiro atoms. The fraction of sp³-hybridized carbons (Fsp3) is 0.500. The van der Waals surface area contributed by atoms with Gasteiger partial charge in [-0.15, -0.1) is 0 Å². The fourth-order valence-electron chi connectivity index (χ4n) is 4.27. The van der Waals surface area contributed by atoms with Gasteiger partial charge in [0.25, 0.3) is 0 Å². The first-order chi connectivity index (χ1) is 13.9. The zero-order chi connectivity index (χ0) is 20.5. The summed E-state index contributed by atoms with van der Waals surface area (Å²) in [7, 11) is 1.92. The van der Waals surface area contributed by atoms with Crippen molar-refractivity contribution in [2.75, 3.05) is 19.9 Å². The molecule has 4 rings (SSSR count). The average Bonchev–Trinajstić information content (AvgIpc) is 3.29. The maximum Gasteiger partial charge on any atom is 0.231 e. The number of aryl methyl sites for hydroxylation is 2. The molecule has 7 nitrogen and oxygen atoms in total. The minimum Gasteiger partial charge on any atom is -0.454 e. The standard InChI is InChI=1S/C22H27N3O4/c1-14-18(15(2)24(3)23-14)7-9-21(26)25-10-4-5-17(12-25)22(27)16-6-8-19-20(11-16)29-13-28-19/h6,8,11,17H,4-5,7,9-10,12-13H2,1-3H3/t17-/m1/s1. The smallest absolute Gasteiger partial charge is 0.231 e. The number of aromatic nitrogens is 2. The molecular formula is C22H27N3O4. The minimum atomic E-state index is -0.171. The number of likely N-dealkylation sites (tertiary alicyclic amines) is 1. The summed E-state index contributed by atoms with van der Waals surface area (Å²) in [5, 5.41) is 4.42. The Morgan fingerprint density at radius 3 is 2.76 bits per heavy atom. The van der Waals surface area contributed by atoms with Gasteiger partial charge in [0, 0.05) is 43.7 Å². The van der Waals surface area contributed by atoms with Gasteiger partial charge in [0.1, 0.15) is 0 Å². The van der Waals surface area contributed by atoms with Crippen molar-refractivity contribution in [3.8, 4) is 11.5 Å². The number of ether oxygens (including phenoxy) is 2. The molecule has 1 aromatic carbocycles. The number of ketones is 1. The van der Waals surface area contributed by atoms with E-state index >= 15 is 0 Å². The first-order valence-electron chi connectivity index (χ1n) is 10.1. The van der Waals surface area contributed by atoms with E-state index in [1.165, 1.54) is 0 Å². The summed E-state index contributed by atoms with van der Waals surface area (Å²) >= 11 is 0. The summed E-state index contributed by atoms with van der Waals surface area (Å²) in [5.41, 5.74) is 3.85. The number of benzene rings is 1. The highest BCUT2D eigenvalue weighted by molar-refractivity contribution is 5.99. The molecule has 0 aliphatic carbocycles. The van der Waals surface area contributed by atoms with Crippen molar-refractivity contribution >= 4 is 11.7 Å². The van der Waals surface area contributed by atoms with Crippen LogP contribution in [0.3, 0.4) is 0 Å². The highest BCUT2D eigenvalue weighted by Crippen LogP contribution is 2.34. The molecule has 0 N–H and O–H groups in total. The lowest BCUT2D eigenvalue weighted by atomic mass is 9.89. The fourth-order valence-corrected chi connectivity index (χ4v) is 4.27. The van der Waals surface area contributed by atoms with Crippen molar-refractivity contribution in [3.63, 3.8) is 0 Å². The van der Waals surface area contributed by atoms with Crippen LogP contribution >= 0.6 is 0 Å². The van der Waals surface area contributed by atoms with E-state index in [1.807, 2.05) is 30.5 Å². The lowest BCUT2D eigenvalue weighted by Crippen LogP contribution is -2.42. The molecule has 154 valence electrons. The molecule has 1 fully saturated rings. The van der Waals surface area contributed by atoms with Gasteiger partial charge in [0.05, 0.1) is 5.69 Å². The second kappa shape index (κ2) is 7.89. The highest BCUT2D eigenvalue weighted by Gasteiger charge is 2.30. The number of Topliss-reactive ketones (excluding diaryl/α,β-unsaturated/α-hetero) is 1. The SMILES string of the molecule is Cc1nn(C)c(C)c1CCC(=O)N1CCC[C@@H](C(=O)c2ccc3c(c2)OCO3)C1. The topological polar surface area (TPSA) is 73.7 Å². The minimum absolute atomic E-state index is 0.0692. The van der Waals surface area contributed by atoms with Gasteiger partial charge in [-0.1, -0.05) is 0 Å². The third-order valence-electron chi connectivity index (χ3n) is 6.05. The van der Waals surface area contributed by atoms with E-state index in [0.717, 1.165) is 36.3 Å². The second-order valence-corrected chi connectivity index (χ2v) is 7.88. The van der Waals surface area contributed by atoms with Gasteiger partial charge < -0.3 is 14.4 Å². The lowest BCUT2D eigenvalue weighted by Gasteiger charge is -2.32. The summed E-state index contributed by atoms with van der Waals surface area (Å²) in [6.07, 6.45) is 2.77. The van der Waals surface area contributed by atoms with Crippen molar-refractivity contribution in [1.82, 2.24) is 14.7 Å². The summed E-state index contributed by atoms with van der Waals surface area (Å²) < 4.78 is 12.6. The van der Waals surface area contributed by atoms with Gasteiger partial charge in [-0.2, -0.15) is 5.10 Å². The first-order valence-corrected chi connectivity index (χ1v) is 10.1. The number of amides is 1. The monoisotopic (exact) mass is 397 g/mol. The van der Waals surface area contributed by atoms with E-state index in [1.54, 1.807) is 18.2 Å². The molecule has 2 aliphatic heterocycles. The molecule has 0 saturated carbocycles. The number of nitrogens with zero attached hydrogens (tertiary/aromatic N) is 3. The number of fused-ring (bicyclic) bond motifs is 1. The second-order valence-electron chi connectivity index (χ2n) is 7.88. The predicted octanol–water partition coefficient (Wildman–Crippen LogP) is 2.82. The first kappa shape index (κ1) is 19.5. The normalized spacial score (nSPS) is 18.2. The van der Waals surface area contributed by atoms with E-state index in [2.05, 4.69) is 5.10 Å². The molecule has 2 aliphatic rings. The van der Waals surface area contributed by atoms with E-state index in [9.17, 15) is 9.59 Å². The van der Waals surface area contributed by atoms with Crippen molar-refractivity contribution in [2.24, 2.45) is 13.0 Å². The quantitative estimate of drug-likeness (QED) is 0.726. The van der Waals surface area contributed by atoms with Gasteiger partial charge in [-0.05, 0) is 56.9 Å². The number of piperidine rings is 1. The molecule has 1 amide bonds. The molecule has 1 atom stereocenters. The molecule has 1 aromatic heterocycles. The molecule has 0 unspecified atom stereocenters. The third-order valence-corrected chi connectivity index (χ3v) is 6.05. The Morgan fingerprint density at radius 1 is 1.21 bits per heavy atom. The van der Waals surface area contributed by atoms with Crippen molar-refractivity contribution < 1.29 is 19.1 Å². The molecule has 29 heavy (non-hydrogen) atoms. The van der Waals surface area contributed by atoms with Gasteiger partial charge in [0.2, 0.25) is 12.7 Å². The average molecular weight is 397 g/mol. The summed E-state index contributed by atoms with van der Waals surface area (Å²) in [6, 6.07) is 5.31. The van der Waals surface area contributed by atoms with Gasteiger partial charge in [0.15, 0.2) is 17.3 Å². The van der Waals surface area contributed by atoms with Crippen LogP contribution in [0.5, 0.6) is 11.5 Å². The Labute approximate surface area is 170 Å². The van der Waals surface area contributed by atoms with Gasteiger partial charge in [-0.3, -0.25) is 14.3 Å². The van der Waals surface area contributed by atoms with E-state index < -0.39 is 0 Å². The van der Waals surface area contributed by atoms with Crippen LogP contribution in [0.1, 0.15) is 46.6 Å². The third kappa shape index (κ3) is 3.86. The number of hydrogen-bond donors (Lipinski definition) is 0. The highest BCUT2D eigenvalue weighted by atomic mass is 16.7. The molecule has 7 heteroatoms. The molecule has 1 saturated heterocycles. The van der Waals surface area contributed by atoms with Crippen molar-refractivity contribution in [2.45, 2.75) is 39.5 Å². The number of rotatable bonds is 5. The predicted molar refractivity (Wildman–Crippen MR) is 107 cm³/mol. The Bertz CT molecular complexity index is 950. The van der Waals surface area contributed by atoms with Crippen molar-refractivity contribution in [3.05, 3.63) is 40.7 Å². The van der Waals surface area contributed by atoms with E-state index in [0.29, 0.717) is 36.4 Å². The number of carbonyl (C=O) groups excluding carboxylic acids is 2. The summed E-state index contributed by atoms with van der Waals surface area (Å²) in [4.78, 5) is 27.7. The van der Waals surface area contributed by atoms with Gasteiger partial charge in [-0.25, -0.2) is 0 Å². The van der Waals surface area contributed by atoms with Crippen LogP contribution in [0.2, 0.25) is 0 Å². The van der Waals surface area contributed by atoms with Gasteiger partial charge >= 0.3 is 0 Å². The Balaban J connectivity index is 1.38. The lowest BCUT2D eigenvalue weighted by molar-refractivity contribution is -0.132. The van der Waals surface area contributed by atoms with Crippen LogP contribution < -0.4 is 9.47 Å². The van der Waals surface area contributed by atoms with E-state index in [4.69, 9.17) is 9.47 Å². The van der Waals surface area contributed by atoms with Crippen LogP contribution in [0, 0.1) is 19.8 Å². The number of hydrogen-bond acceptors (Lipinski definition) is 5. The number of carbonyl (C=O) groups is 2. The zero-order valence-electron chi connectivity index (χ0n) is 17.2. The van der Waals surface area contributed by atoms with Crippen molar-refractivity contribution in [1.29, 1.82) is 0 Å². The maximum absolute atomic E-state index is 13.0. The molecular weight excluding hydrogens is 370 g/mol. The van der Waals surface area contributed by atoms with Crippen LogP contribution in [0.25, 0.3) is 0 Å². The molecule has 3 heterocycles.